The van der Waals surface area contributed by atoms with Gasteiger partial charge in [-0.15, -0.1) is 0 Å². The first kappa shape index (κ1) is 51.3. The zero-order valence-corrected chi connectivity index (χ0v) is 38.4. The maximum absolute atomic E-state index is 13.9. The number of unbranched alkanes of at least 4 members (excludes halogenated alkanes) is 1. The number of ether oxygens (including phenoxy) is 4. The first-order valence-electron chi connectivity index (χ1n) is 21.6. The van der Waals surface area contributed by atoms with Gasteiger partial charge in [0.1, 0.15) is 36.3 Å². The molecule has 3 aromatic rings. The Hall–Kier alpha value is -4.64. The summed E-state index contributed by atoms with van der Waals surface area (Å²) < 4.78 is 54.4. The van der Waals surface area contributed by atoms with Crippen LogP contribution in [0.3, 0.4) is 0 Å². The molecule has 0 bridgehead atoms. The van der Waals surface area contributed by atoms with Crippen LogP contribution >= 0.6 is 11.6 Å². The van der Waals surface area contributed by atoms with Crippen LogP contribution in [0, 0.1) is 0 Å². The SMILES string of the molecule is CCN(CCCCNC(=O)NC[C@H](O)[C@@H](O)[C@H](O)[C@H](O)CO)S(=O)(=O)c1ccc(Cl)c(COC2(c3c[n+](COC(=O)N(C)CCOC(C)=O)ccc3-c3ccccc3OC3CC3)CC2)c1. The highest BCUT2D eigenvalue weighted by atomic mass is 35.5. The largest absolute Gasteiger partial charge is 0.490 e. The fourth-order valence-corrected chi connectivity index (χ4v) is 8.54. The maximum atomic E-state index is 13.9. The number of aliphatic hydroxyl groups excluding tert-OH is 5. The minimum Gasteiger partial charge on any atom is -0.490 e. The van der Waals surface area contributed by atoms with Crippen molar-refractivity contribution < 1.29 is 71.8 Å². The Labute approximate surface area is 383 Å². The minimum absolute atomic E-state index is 0.0140. The molecule has 0 saturated heterocycles. The molecule has 0 aliphatic heterocycles. The highest BCUT2D eigenvalue weighted by Gasteiger charge is 2.49. The van der Waals surface area contributed by atoms with Crippen molar-refractivity contribution in [3.63, 3.8) is 0 Å². The van der Waals surface area contributed by atoms with E-state index in [-0.39, 0.29) is 57.1 Å². The van der Waals surface area contributed by atoms with E-state index in [9.17, 15) is 43.2 Å². The number of hydrogen-bond acceptors (Lipinski definition) is 14. The first-order chi connectivity index (χ1) is 31.0. The van der Waals surface area contributed by atoms with Crippen LogP contribution in [0.5, 0.6) is 5.75 Å². The summed E-state index contributed by atoms with van der Waals surface area (Å²) in [6.45, 7) is 2.29. The topological polar surface area (TPSA) is 258 Å². The van der Waals surface area contributed by atoms with Crippen molar-refractivity contribution in [1.29, 1.82) is 0 Å². The van der Waals surface area contributed by atoms with Crippen LogP contribution < -0.4 is 19.9 Å². The third kappa shape index (κ3) is 14.4. The molecular weight excluding hydrogens is 890 g/mol. The number of sulfonamides is 1. The Morgan fingerprint density at radius 1 is 0.954 bits per heavy atom. The molecule has 2 aliphatic carbocycles. The number of aliphatic hydroxyl groups is 5. The van der Waals surface area contributed by atoms with Crippen LogP contribution in [0.1, 0.15) is 63.5 Å². The van der Waals surface area contributed by atoms with Gasteiger partial charge >= 0.3 is 18.1 Å². The van der Waals surface area contributed by atoms with E-state index in [2.05, 4.69) is 10.6 Å². The molecule has 7 N–H and O–H groups in total. The van der Waals surface area contributed by atoms with Gasteiger partial charge in [0.15, 0.2) is 12.4 Å². The smallest absolute Gasteiger partial charge is 0.414 e. The number of hydrogen-bond donors (Lipinski definition) is 7. The molecular formula is C44H61ClN5O14S+. The molecule has 21 heteroatoms. The van der Waals surface area contributed by atoms with E-state index in [0.29, 0.717) is 36.3 Å². The number of nitrogens with one attached hydrogen (secondary N) is 2. The lowest BCUT2D eigenvalue weighted by Crippen LogP contribution is -2.50. The van der Waals surface area contributed by atoms with Gasteiger partial charge < -0.3 is 60.0 Å². The number of carbonyl (C=O) groups is 3. The predicted octanol–water partition coefficient (Wildman–Crippen LogP) is 2.16. The molecule has 1 aromatic heterocycles. The van der Waals surface area contributed by atoms with Gasteiger partial charge in [-0.1, -0.05) is 36.7 Å². The Morgan fingerprint density at radius 2 is 1.68 bits per heavy atom. The number of amides is 3. The van der Waals surface area contributed by atoms with E-state index in [1.165, 1.54) is 34.3 Å². The van der Waals surface area contributed by atoms with Gasteiger partial charge in [-0.3, -0.25) is 4.79 Å². The molecule has 4 atom stereocenters. The molecule has 2 aliphatic rings. The van der Waals surface area contributed by atoms with Gasteiger partial charge in [0.25, 0.3) is 6.73 Å². The molecule has 2 saturated carbocycles. The van der Waals surface area contributed by atoms with Crippen LogP contribution in [0.4, 0.5) is 9.59 Å². The van der Waals surface area contributed by atoms with Crippen LogP contribution in [0.2, 0.25) is 5.02 Å². The summed E-state index contributed by atoms with van der Waals surface area (Å²) in [7, 11) is -2.44. The quantitative estimate of drug-likeness (QED) is 0.0346. The summed E-state index contributed by atoms with van der Waals surface area (Å²) in [5.41, 5.74) is 2.23. The lowest BCUT2D eigenvalue weighted by atomic mass is 9.96. The summed E-state index contributed by atoms with van der Waals surface area (Å²) in [6.07, 6.45) is 0.350. The van der Waals surface area contributed by atoms with Gasteiger partial charge in [0.2, 0.25) is 10.0 Å². The second kappa shape index (κ2) is 23.7. The Balaban J connectivity index is 1.23. The fourth-order valence-electron chi connectivity index (χ4n) is 6.83. The molecule has 0 unspecified atom stereocenters. The average Bonchev–Trinajstić information content (AvgIpc) is 4.25. The number of urea groups is 1. The Bertz CT molecular complexity index is 2190. The second-order valence-corrected chi connectivity index (χ2v) is 18.4. The van der Waals surface area contributed by atoms with E-state index in [1.54, 1.807) is 24.7 Å². The van der Waals surface area contributed by atoms with Gasteiger partial charge in [0.05, 0.1) is 42.4 Å². The van der Waals surface area contributed by atoms with Crippen molar-refractivity contribution in [2.45, 2.75) is 107 Å². The van der Waals surface area contributed by atoms with Crippen molar-refractivity contribution in [3.05, 3.63) is 77.1 Å². The van der Waals surface area contributed by atoms with Gasteiger partial charge in [-0.25, -0.2) is 18.0 Å². The number of carbonyl (C=O) groups excluding carboxylic acids is 3. The fraction of sp³-hybridized carbons (Fsp3) is 0.545. The minimum atomic E-state index is -3.98. The van der Waals surface area contributed by atoms with Crippen molar-refractivity contribution >= 4 is 39.7 Å². The highest BCUT2D eigenvalue weighted by molar-refractivity contribution is 7.89. The van der Waals surface area contributed by atoms with E-state index >= 15 is 0 Å². The van der Waals surface area contributed by atoms with Gasteiger partial charge in [-0.2, -0.15) is 8.87 Å². The van der Waals surface area contributed by atoms with Crippen LogP contribution in [-0.2, 0) is 48.0 Å². The average molecular weight is 952 g/mol. The monoisotopic (exact) mass is 950 g/mol. The molecule has 0 spiro atoms. The zero-order valence-electron chi connectivity index (χ0n) is 36.8. The standard InChI is InChI=1S/C44H60ClN5O14S/c1-4-50(19-8-7-18-46-42(57)47-24-37(53)40(55)41(56)38(54)26-51)65(59,60)32-13-14-36(45)30(23-32)27-63-44(16-17-44)35-25-49(28-62-43(58)48(3)21-22-61-29(2)52)20-15-33(35)34-9-5-6-10-39(34)64-31-11-12-31/h5-6,9-10,13-15,20,23,25,31,37-38,40-41,51,53-56H,4,7-8,11-12,16-19,21-22,24,26-28H2,1-3H3,(H-,46,47,57)/p+1/t37-,38+,40+,41+/m0/s1. The van der Waals surface area contributed by atoms with Crippen LogP contribution in [-0.4, -0.2) is 145 Å². The molecule has 2 fully saturated rings. The predicted molar refractivity (Wildman–Crippen MR) is 235 cm³/mol. The van der Waals surface area contributed by atoms with Crippen LogP contribution in [0.15, 0.2) is 65.8 Å². The van der Waals surface area contributed by atoms with Crippen molar-refractivity contribution in [1.82, 2.24) is 19.8 Å². The summed E-state index contributed by atoms with van der Waals surface area (Å²) >= 11 is 6.68. The number of para-hydroxylation sites is 1. The molecule has 5 rings (SSSR count). The third-order valence-corrected chi connectivity index (χ3v) is 13.4. The number of halogens is 1. The lowest BCUT2D eigenvalue weighted by molar-refractivity contribution is -0.728. The lowest BCUT2D eigenvalue weighted by Gasteiger charge is -2.25. The van der Waals surface area contributed by atoms with Gasteiger partial charge in [-0.05, 0) is 68.4 Å². The molecule has 3 amide bonds. The Morgan fingerprint density at radius 3 is 2.35 bits per heavy atom. The normalized spacial score (nSPS) is 16.2. The van der Waals surface area contributed by atoms with E-state index < -0.39 is 71.3 Å². The maximum Gasteiger partial charge on any atom is 0.414 e. The van der Waals surface area contributed by atoms with E-state index in [4.69, 9.17) is 35.7 Å². The summed E-state index contributed by atoms with van der Waals surface area (Å²) in [6, 6.07) is 13.5. The number of esters is 1. The number of nitrogens with zero attached hydrogens (tertiary/aromatic N) is 3. The van der Waals surface area contributed by atoms with Crippen molar-refractivity contribution in [3.8, 4) is 16.9 Å². The number of rotatable bonds is 26. The molecule has 2 aromatic carbocycles. The second-order valence-electron chi connectivity index (χ2n) is 16.1. The van der Waals surface area contributed by atoms with E-state index in [1.807, 2.05) is 36.5 Å². The Kier molecular flexibility index (Phi) is 18.7. The molecule has 1 heterocycles. The summed E-state index contributed by atoms with van der Waals surface area (Å²) in [4.78, 5) is 37.5. The molecule has 0 radical (unpaired) electrons. The summed E-state index contributed by atoms with van der Waals surface area (Å²) in [5, 5.41) is 53.3. The number of benzene rings is 2. The number of aromatic nitrogens is 1. The number of pyridine rings is 1. The summed E-state index contributed by atoms with van der Waals surface area (Å²) in [5.74, 6) is 0.288. The molecule has 19 nitrogen and oxygen atoms in total. The number of likely N-dealkylation sites (N-methyl/N-ethyl adjacent to an activating group) is 1. The van der Waals surface area contributed by atoms with E-state index in [0.717, 1.165) is 35.3 Å². The van der Waals surface area contributed by atoms with Crippen molar-refractivity contribution in [2.75, 3.05) is 53.0 Å². The zero-order chi connectivity index (χ0) is 47.3. The van der Waals surface area contributed by atoms with Crippen molar-refractivity contribution in [2.24, 2.45) is 0 Å². The first-order valence-corrected chi connectivity index (χ1v) is 23.4. The molecule has 358 valence electrons. The van der Waals surface area contributed by atoms with Gasteiger partial charge in [0, 0.05) is 62.4 Å². The third-order valence-electron chi connectivity index (χ3n) is 11.0. The molecule has 65 heavy (non-hydrogen) atoms. The van der Waals surface area contributed by atoms with Crippen LogP contribution in [0.25, 0.3) is 11.1 Å². The highest BCUT2D eigenvalue weighted by Crippen LogP contribution is 2.53.